The lowest BCUT2D eigenvalue weighted by atomic mass is 9.78. The monoisotopic (exact) mass is 624 g/mol. The van der Waals surface area contributed by atoms with Crippen LogP contribution >= 0.6 is 34.8 Å². The molecule has 3 aromatic carbocycles. The Balaban J connectivity index is 1.39. The number of hydrogen-bond acceptors (Lipinski definition) is 6. The molecular weight excluding hydrogens is 603 g/mol. The van der Waals surface area contributed by atoms with Crippen LogP contribution in [0.2, 0.25) is 15.1 Å². The van der Waals surface area contributed by atoms with Gasteiger partial charge in [-0.3, -0.25) is 19.2 Å². The van der Waals surface area contributed by atoms with Crippen LogP contribution in [0.1, 0.15) is 44.4 Å². The average molecular weight is 626 g/mol. The molecule has 8 nitrogen and oxygen atoms in total. The highest BCUT2D eigenvalue weighted by atomic mass is 35.5. The highest BCUT2D eigenvalue weighted by molar-refractivity contribution is 6.36. The normalized spacial score (nSPS) is 19.4. The number of fused-ring (bicyclic) bond motifs is 1. The van der Waals surface area contributed by atoms with E-state index in [9.17, 15) is 24.0 Å². The van der Waals surface area contributed by atoms with Crippen LogP contribution in [0.25, 0.3) is 0 Å². The van der Waals surface area contributed by atoms with Crippen molar-refractivity contribution >= 4 is 64.3 Å². The lowest BCUT2D eigenvalue weighted by molar-refractivity contribution is -0.154. The fourth-order valence-corrected chi connectivity index (χ4v) is 5.83. The van der Waals surface area contributed by atoms with E-state index in [4.69, 9.17) is 39.5 Å². The number of esters is 1. The van der Waals surface area contributed by atoms with E-state index in [1.54, 1.807) is 12.1 Å². The average Bonchev–Trinajstić information content (AvgIpc) is 3.22. The third-order valence-electron chi connectivity index (χ3n) is 7.26. The summed E-state index contributed by atoms with van der Waals surface area (Å²) in [6, 6.07) is 16.2. The molecule has 0 saturated carbocycles. The molecule has 3 amide bonds. The van der Waals surface area contributed by atoms with E-state index in [-0.39, 0.29) is 38.4 Å². The van der Waals surface area contributed by atoms with Crippen LogP contribution in [0.15, 0.2) is 78.9 Å². The van der Waals surface area contributed by atoms with E-state index in [2.05, 4.69) is 0 Å². The molecule has 1 aliphatic carbocycles. The maximum absolute atomic E-state index is 13.7. The number of allylic oxidation sites excluding steroid dienone is 2. The van der Waals surface area contributed by atoms with Gasteiger partial charge in [0.15, 0.2) is 5.78 Å². The summed E-state index contributed by atoms with van der Waals surface area (Å²) in [6.45, 7) is 1.23. The lowest BCUT2D eigenvalue weighted by Gasteiger charge is -2.30. The van der Waals surface area contributed by atoms with Crippen molar-refractivity contribution in [2.45, 2.75) is 13.3 Å². The first kappa shape index (κ1) is 29.5. The molecule has 1 saturated heterocycles. The Labute approximate surface area is 256 Å². The first-order chi connectivity index (χ1) is 20.1. The van der Waals surface area contributed by atoms with Gasteiger partial charge in [-0.15, -0.1) is 0 Å². The second-order valence-electron chi connectivity index (χ2n) is 9.95. The first-order valence-electron chi connectivity index (χ1n) is 13.0. The van der Waals surface area contributed by atoms with Gasteiger partial charge >= 0.3 is 5.97 Å². The zero-order chi connectivity index (χ0) is 30.1. The number of carbonyl (C=O) groups is 5. The van der Waals surface area contributed by atoms with Crippen LogP contribution in [0, 0.1) is 17.8 Å². The number of rotatable bonds is 7. The maximum Gasteiger partial charge on any atom is 0.345 e. The number of benzene rings is 3. The van der Waals surface area contributed by atoms with Crippen molar-refractivity contribution in [1.82, 2.24) is 10.0 Å². The zero-order valence-corrected chi connectivity index (χ0v) is 24.4. The van der Waals surface area contributed by atoms with E-state index >= 15 is 0 Å². The van der Waals surface area contributed by atoms with Crippen molar-refractivity contribution in [3.63, 3.8) is 0 Å². The van der Waals surface area contributed by atoms with E-state index < -0.39 is 47.9 Å². The second-order valence-corrected chi connectivity index (χ2v) is 11.2. The number of halogens is 3. The Morgan fingerprint density at radius 1 is 0.905 bits per heavy atom. The second kappa shape index (κ2) is 12.1. The molecule has 5 rings (SSSR count). The molecule has 0 radical (unpaired) electrons. The minimum Gasteiger partial charge on any atom is -0.423 e. The number of nitrogens with zero attached hydrogens (tertiary/aromatic N) is 2. The molecular formula is C31H23Cl3N2O6. The fraction of sp³-hybridized carbons (Fsp3) is 0.194. The largest absolute Gasteiger partial charge is 0.423 e. The fourth-order valence-electron chi connectivity index (χ4n) is 5.13. The third kappa shape index (κ3) is 5.70. The zero-order valence-electron chi connectivity index (χ0n) is 22.1. The summed E-state index contributed by atoms with van der Waals surface area (Å²) in [6.07, 6.45) is 4.08. The summed E-state index contributed by atoms with van der Waals surface area (Å²) in [5.41, 5.74) is 0.305. The molecule has 3 aromatic rings. The van der Waals surface area contributed by atoms with Gasteiger partial charge in [0, 0.05) is 10.6 Å². The maximum atomic E-state index is 13.7. The Bertz CT molecular complexity index is 1640. The molecule has 0 bridgehead atoms. The quantitative estimate of drug-likeness (QED) is 0.100. The summed E-state index contributed by atoms with van der Waals surface area (Å²) in [5.74, 6) is -4.46. The smallest absolute Gasteiger partial charge is 0.345 e. The van der Waals surface area contributed by atoms with Gasteiger partial charge in [0.1, 0.15) is 12.3 Å². The van der Waals surface area contributed by atoms with Crippen molar-refractivity contribution in [1.29, 1.82) is 0 Å². The van der Waals surface area contributed by atoms with Crippen molar-refractivity contribution in [2.24, 2.45) is 17.8 Å². The van der Waals surface area contributed by atoms with E-state index in [0.29, 0.717) is 11.4 Å². The van der Waals surface area contributed by atoms with Gasteiger partial charge in [-0.05, 0) is 66.9 Å². The van der Waals surface area contributed by atoms with Gasteiger partial charge in [0.25, 0.3) is 17.7 Å². The van der Waals surface area contributed by atoms with Crippen LogP contribution in [0.4, 0.5) is 0 Å². The third-order valence-corrected chi connectivity index (χ3v) is 8.14. The van der Waals surface area contributed by atoms with E-state index in [1.165, 1.54) is 54.6 Å². The van der Waals surface area contributed by atoms with Crippen molar-refractivity contribution in [3.05, 3.63) is 111 Å². The lowest BCUT2D eigenvalue weighted by Crippen LogP contribution is -2.52. The molecule has 1 fully saturated rings. The molecule has 11 heteroatoms. The Kier molecular flexibility index (Phi) is 8.50. The standard InChI is InChI=1S/C31H23Cl3N2O6/c1-17-5-4-7-23-27(17)30(40)36(29(23)39)35(28(38)21-6-2-3-8-24(21)33)16-26(37)18-9-12-20(13-10-18)42-31(41)22-14-11-19(32)15-25(22)34/h2-6,8-15,17,23,27H,7,16H2,1H3/t17-,23-,27-/m1/s1. The summed E-state index contributed by atoms with van der Waals surface area (Å²) in [5, 5.41) is 2.27. The highest BCUT2D eigenvalue weighted by Gasteiger charge is 2.53. The summed E-state index contributed by atoms with van der Waals surface area (Å²) in [4.78, 5) is 66.6. The molecule has 2 aliphatic rings. The van der Waals surface area contributed by atoms with E-state index in [0.717, 1.165) is 10.0 Å². The Morgan fingerprint density at radius 3 is 2.29 bits per heavy atom. The number of ether oxygens (including phenoxy) is 1. The molecule has 3 atom stereocenters. The number of hydrogen-bond donors (Lipinski definition) is 0. The molecule has 1 heterocycles. The topological polar surface area (TPSA) is 101 Å². The van der Waals surface area contributed by atoms with Gasteiger partial charge in [0.2, 0.25) is 0 Å². The van der Waals surface area contributed by atoms with Crippen LogP contribution < -0.4 is 4.74 Å². The predicted octanol–water partition coefficient (Wildman–Crippen LogP) is 6.30. The Morgan fingerprint density at radius 2 is 1.62 bits per heavy atom. The summed E-state index contributed by atoms with van der Waals surface area (Å²) in [7, 11) is 0. The number of carbonyl (C=O) groups excluding carboxylic acids is 5. The number of ketones is 1. The molecule has 0 aromatic heterocycles. The SMILES string of the molecule is C[C@@H]1C=CC[C@H]2C(=O)N(N(CC(=O)c3ccc(OC(=O)c4ccc(Cl)cc4Cl)cc3)C(=O)c3ccccc3Cl)C(=O)[C@H]12. The minimum absolute atomic E-state index is 0.0386. The summed E-state index contributed by atoms with van der Waals surface area (Å²) >= 11 is 18.2. The minimum atomic E-state index is -0.764. The first-order valence-corrected chi connectivity index (χ1v) is 14.1. The molecule has 214 valence electrons. The molecule has 0 spiro atoms. The van der Waals surface area contributed by atoms with Gasteiger partial charge in [-0.1, -0.05) is 66.0 Å². The van der Waals surface area contributed by atoms with Crippen molar-refractivity contribution in [2.75, 3.05) is 6.54 Å². The number of Topliss-reactive ketones (excluding diaryl/α,β-unsaturated/α-hetero) is 1. The number of hydrazine groups is 1. The van der Waals surface area contributed by atoms with Gasteiger partial charge < -0.3 is 4.74 Å². The van der Waals surface area contributed by atoms with E-state index in [1.807, 2.05) is 19.1 Å². The van der Waals surface area contributed by atoms with Crippen LogP contribution in [-0.4, -0.2) is 46.0 Å². The van der Waals surface area contributed by atoms with Crippen molar-refractivity contribution < 1.29 is 28.7 Å². The van der Waals surface area contributed by atoms with Crippen LogP contribution in [0.5, 0.6) is 5.75 Å². The van der Waals surface area contributed by atoms with Gasteiger partial charge in [-0.2, -0.15) is 5.01 Å². The van der Waals surface area contributed by atoms with Gasteiger partial charge in [-0.25, -0.2) is 9.80 Å². The highest BCUT2D eigenvalue weighted by Crippen LogP contribution is 2.39. The number of amides is 3. The van der Waals surface area contributed by atoms with Crippen LogP contribution in [0.3, 0.4) is 0 Å². The predicted molar refractivity (Wildman–Crippen MR) is 156 cm³/mol. The summed E-state index contributed by atoms with van der Waals surface area (Å²) < 4.78 is 5.36. The molecule has 1 aliphatic heterocycles. The van der Waals surface area contributed by atoms with Crippen LogP contribution in [-0.2, 0) is 9.59 Å². The number of imide groups is 1. The van der Waals surface area contributed by atoms with Crippen molar-refractivity contribution in [3.8, 4) is 5.75 Å². The molecule has 0 unspecified atom stereocenters. The molecule has 42 heavy (non-hydrogen) atoms. The van der Waals surface area contributed by atoms with Gasteiger partial charge in [0.05, 0.1) is 33.0 Å². The Hall–Kier alpha value is -3.98. The molecule has 0 N–H and O–H groups in total.